The molecule has 1 aliphatic rings. The Kier molecular flexibility index (Phi) is 6.96. The molecule has 4 aromatic rings. The molecule has 1 N–H and O–H groups in total. The Bertz CT molecular complexity index is 1390. The van der Waals surface area contributed by atoms with Crippen LogP contribution in [-0.2, 0) is 13.1 Å². The van der Waals surface area contributed by atoms with Crippen molar-refractivity contribution in [2.45, 2.75) is 71.6 Å². The monoisotopic (exact) mass is 488 g/mol. The fourth-order valence-electron chi connectivity index (χ4n) is 5.56. The Morgan fingerprint density at radius 2 is 1.89 bits per heavy atom. The van der Waals surface area contributed by atoms with Crippen molar-refractivity contribution < 1.29 is 4.39 Å². The maximum Gasteiger partial charge on any atom is 0.252 e. The lowest BCUT2D eigenvalue weighted by atomic mass is 9.97. The summed E-state index contributed by atoms with van der Waals surface area (Å²) in [5.41, 5.74) is 3.59. The van der Waals surface area contributed by atoms with Crippen molar-refractivity contribution in [3.8, 4) is 0 Å². The number of H-pyrrole nitrogens is 1. The molecule has 0 aliphatic heterocycles. The van der Waals surface area contributed by atoms with Gasteiger partial charge in [-0.05, 0) is 70.8 Å². The van der Waals surface area contributed by atoms with Crippen molar-refractivity contribution >= 4 is 10.9 Å². The third kappa shape index (κ3) is 4.95. The quantitative estimate of drug-likeness (QED) is 0.371. The zero-order valence-corrected chi connectivity index (χ0v) is 21.1. The van der Waals surface area contributed by atoms with Gasteiger partial charge < -0.3 is 4.98 Å². The highest BCUT2D eigenvalue weighted by atomic mass is 19.1. The predicted molar refractivity (Wildman–Crippen MR) is 138 cm³/mol. The molecular weight excluding hydrogens is 455 g/mol. The van der Waals surface area contributed by atoms with Crippen molar-refractivity contribution in [1.29, 1.82) is 0 Å². The highest BCUT2D eigenvalue weighted by Crippen LogP contribution is 2.36. The first-order valence-electron chi connectivity index (χ1n) is 12.8. The van der Waals surface area contributed by atoms with Crippen LogP contribution in [0.15, 0.2) is 53.3 Å². The number of aromatic nitrogens is 5. The molecule has 188 valence electrons. The van der Waals surface area contributed by atoms with Gasteiger partial charge in [-0.25, -0.2) is 9.07 Å². The number of aromatic amines is 1. The van der Waals surface area contributed by atoms with E-state index in [1.165, 1.54) is 25.0 Å². The molecule has 1 fully saturated rings. The standard InChI is InChI=1S/C28H33FN6O/c1-18(2)26(27-31-32-33-35(27)16-20-11-13-23(29)14-12-20)34(24-9-4-5-10-24)17-22-15-21-8-6-7-19(3)25(21)30-28(22)36/h6-8,11-15,18,24,26H,4-5,9-10,16-17H2,1-3H3,(H,30,36)/t26-/m1/s1. The number of fused-ring (bicyclic) bond motifs is 1. The molecule has 5 rings (SSSR count). The van der Waals surface area contributed by atoms with E-state index in [0.29, 0.717) is 19.1 Å². The van der Waals surface area contributed by atoms with Gasteiger partial charge in [-0.15, -0.1) is 5.10 Å². The van der Waals surface area contributed by atoms with Gasteiger partial charge in [0.05, 0.1) is 18.1 Å². The maximum absolute atomic E-state index is 13.4. The maximum atomic E-state index is 13.4. The highest BCUT2D eigenvalue weighted by Gasteiger charge is 2.35. The molecular formula is C28H33FN6O. The molecule has 7 nitrogen and oxygen atoms in total. The number of aryl methyl sites for hydroxylation is 1. The largest absolute Gasteiger partial charge is 0.321 e. The first-order chi connectivity index (χ1) is 17.4. The Hall–Kier alpha value is -3.39. The van der Waals surface area contributed by atoms with E-state index in [4.69, 9.17) is 0 Å². The molecule has 1 atom stereocenters. The lowest BCUT2D eigenvalue weighted by molar-refractivity contribution is 0.0844. The minimum absolute atomic E-state index is 0.0480. The average Bonchev–Trinajstić information content (AvgIpc) is 3.54. The molecule has 0 spiro atoms. The van der Waals surface area contributed by atoms with Gasteiger partial charge in [-0.1, -0.05) is 57.0 Å². The van der Waals surface area contributed by atoms with Gasteiger partial charge in [0.1, 0.15) is 5.82 Å². The van der Waals surface area contributed by atoms with E-state index in [9.17, 15) is 9.18 Å². The molecule has 2 aromatic heterocycles. The Labute approximate surface area is 210 Å². The molecule has 36 heavy (non-hydrogen) atoms. The molecule has 0 unspecified atom stereocenters. The van der Waals surface area contributed by atoms with Gasteiger partial charge in [0.25, 0.3) is 5.56 Å². The van der Waals surface area contributed by atoms with E-state index >= 15 is 0 Å². The summed E-state index contributed by atoms with van der Waals surface area (Å²) in [7, 11) is 0. The van der Waals surface area contributed by atoms with Crippen molar-refractivity contribution in [2.24, 2.45) is 5.92 Å². The van der Waals surface area contributed by atoms with Crippen LogP contribution in [-0.4, -0.2) is 36.1 Å². The summed E-state index contributed by atoms with van der Waals surface area (Å²) >= 11 is 0. The minimum Gasteiger partial charge on any atom is -0.321 e. The Balaban J connectivity index is 1.53. The molecule has 0 amide bonds. The van der Waals surface area contributed by atoms with Crippen molar-refractivity contribution in [3.63, 3.8) is 0 Å². The summed E-state index contributed by atoms with van der Waals surface area (Å²) in [6, 6.07) is 14.8. The molecule has 1 aliphatic carbocycles. The Morgan fingerprint density at radius 3 is 2.61 bits per heavy atom. The normalized spacial score (nSPS) is 15.4. The van der Waals surface area contributed by atoms with E-state index in [-0.39, 0.29) is 23.3 Å². The fraction of sp³-hybridized carbons (Fsp3) is 0.429. The number of halogens is 1. The van der Waals surface area contributed by atoms with E-state index in [2.05, 4.69) is 39.3 Å². The number of hydrogen-bond acceptors (Lipinski definition) is 5. The van der Waals surface area contributed by atoms with Gasteiger partial charge in [-0.2, -0.15) is 0 Å². The molecule has 0 saturated heterocycles. The SMILES string of the molecule is Cc1cccc2cc(CN(C3CCCC3)[C@@H](c3nnnn3Cc3ccc(F)cc3)C(C)C)c(=O)[nH]c12. The summed E-state index contributed by atoms with van der Waals surface area (Å²) in [6.07, 6.45) is 4.54. The minimum atomic E-state index is -0.265. The van der Waals surface area contributed by atoms with Crippen LogP contribution >= 0.6 is 0 Å². The molecule has 8 heteroatoms. The lowest BCUT2D eigenvalue weighted by Crippen LogP contribution is -2.41. The van der Waals surface area contributed by atoms with Crippen LogP contribution in [0.5, 0.6) is 0 Å². The Morgan fingerprint density at radius 1 is 1.14 bits per heavy atom. The second kappa shape index (κ2) is 10.3. The topological polar surface area (TPSA) is 79.7 Å². The first kappa shape index (κ1) is 24.3. The number of hydrogen-bond donors (Lipinski definition) is 1. The fourth-order valence-corrected chi connectivity index (χ4v) is 5.56. The van der Waals surface area contributed by atoms with Gasteiger partial charge in [0.15, 0.2) is 5.82 Å². The third-order valence-corrected chi connectivity index (χ3v) is 7.37. The second-order valence-electron chi connectivity index (χ2n) is 10.3. The van der Waals surface area contributed by atoms with Crippen LogP contribution < -0.4 is 5.56 Å². The number of nitrogens with zero attached hydrogens (tertiary/aromatic N) is 5. The number of pyridine rings is 1. The summed E-state index contributed by atoms with van der Waals surface area (Å²) in [5, 5.41) is 13.8. The lowest BCUT2D eigenvalue weighted by Gasteiger charge is -2.38. The summed E-state index contributed by atoms with van der Waals surface area (Å²) in [6.45, 7) is 7.35. The predicted octanol–water partition coefficient (Wildman–Crippen LogP) is 5.15. The summed E-state index contributed by atoms with van der Waals surface area (Å²) in [5.74, 6) is 0.721. The van der Waals surface area contributed by atoms with Crippen LogP contribution in [0, 0.1) is 18.7 Å². The molecule has 1 saturated carbocycles. The van der Waals surface area contributed by atoms with Gasteiger partial charge in [0.2, 0.25) is 0 Å². The molecule has 2 heterocycles. The number of tetrazole rings is 1. The molecule has 2 aromatic carbocycles. The number of benzene rings is 2. The van der Waals surface area contributed by atoms with E-state index in [0.717, 1.165) is 46.3 Å². The second-order valence-corrected chi connectivity index (χ2v) is 10.3. The highest BCUT2D eigenvalue weighted by molar-refractivity contribution is 5.81. The first-order valence-corrected chi connectivity index (χ1v) is 12.8. The van der Waals surface area contributed by atoms with Gasteiger partial charge in [0, 0.05) is 18.2 Å². The number of rotatable bonds is 8. The van der Waals surface area contributed by atoms with Gasteiger partial charge >= 0.3 is 0 Å². The van der Waals surface area contributed by atoms with Crippen LogP contribution in [0.25, 0.3) is 10.9 Å². The zero-order valence-electron chi connectivity index (χ0n) is 21.1. The van der Waals surface area contributed by atoms with Crippen molar-refractivity contribution in [1.82, 2.24) is 30.1 Å². The summed E-state index contributed by atoms with van der Waals surface area (Å²) in [4.78, 5) is 18.7. The van der Waals surface area contributed by atoms with Gasteiger partial charge in [-0.3, -0.25) is 9.69 Å². The van der Waals surface area contributed by atoms with E-state index in [1.807, 2.05) is 35.9 Å². The van der Waals surface area contributed by atoms with Crippen LogP contribution in [0.3, 0.4) is 0 Å². The third-order valence-electron chi connectivity index (χ3n) is 7.37. The van der Waals surface area contributed by atoms with Crippen molar-refractivity contribution in [3.05, 3.63) is 87.2 Å². The van der Waals surface area contributed by atoms with E-state index < -0.39 is 0 Å². The van der Waals surface area contributed by atoms with E-state index in [1.54, 1.807) is 12.1 Å². The van der Waals surface area contributed by atoms with Crippen LogP contribution in [0.2, 0.25) is 0 Å². The molecule has 0 radical (unpaired) electrons. The van der Waals surface area contributed by atoms with Crippen molar-refractivity contribution in [2.75, 3.05) is 0 Å². The smallest absolute Gasteiger partial charge is 0.252 e. The number of para-hydroxylation sites is 1. The molecule has 0 bridgehead atoms. The average molecular weight is 489 g/mol. The van der Waals surface area contributed by atoms with Crippen LogP contribution in [0.1, 0.15) is 68.1 Å². The zero-order chi connectivity index (χ0) is 25.2. The summed E-state index contributed by atoms with van der Waals surface area (Å²) < 4.78 is 15.2. The number of nitrogens with one attached hydrogen (secondary N) is 1. The van der Waals surface area contributed by atoms with Crippen LogP contribution in [0.4, 0.5) is 4.39 Å².